The lowest BCUT2D eigenvalue weighted by Gasteiger charge is -2.34. The number of carbonyl (C=O) groups excluding carboxylic acids is 4. The summed E-state index contributed by atoms with van der Waals surface area (Å²) in [6.07, 6.45) is 0.718. The van der Waals surface area contributed by atoms with Crippen molar-refractivity contribution >= 4 is 23.8 Å². The third-order valence-electron chi connectivity index (χ3n) is 3.32. The van der Waals surface area contributed by atoms with Gasteiger partial charge in [0.05, 0.1) is 13.0 Å². The fourth-order valence-corrected chi connectivity index (χ4v) is 2.12. The molecule has 1 aliphatic rings. The second-order valence-electron chi connectivity index (χ2n) is 5.04. The SMILES string of the molecule is CCCCOC(=O)C[C@@H]1C(=O)NCCN1C(=O)CCC(=O)[O-]. The molecule has 0 unspecified atom stereocenters. The van der Waals surface area contributed by atoms with Crippen molar-refractivity contribution in [2.75, 3.05) is 19.7 Å². The van der Waals surface area contributed by atoms with Gasteiger partial charge in [-0.3, -0.25) is 14.4 Å². The van der Waals surface area contributed by atoms with E-state index in [0.29, 0.717) is 0 Å². The summed E-state index contributed by atoms with van der Waals surface area (Å²) in [5.74, 6) is -2.79. The molecule has 1 aliphatic heterocycles. The summed E-state index contributed by atoms with van der Waals surface area (Å²) in [6, 6.07) is -0.947. The zero-order valence-electron chi connectivity index (χ0n) is 12.6. The molecular weight excluding hydrogens is 292 g/mol. The molecule has 0 bridgehead atoms. The summed E-state index contributed by atoms with van der Waals surface area (Å²) in [6.45, 7) is 2.75. The Morgan fingerprint density at radius 3 is 2.73 bits per heavy atom. The lowest BCUT2D eigenvalue weighted by atomic mass is 10.1. The predicted molar refractivity (Wildman–Crippen MR) is 73.2 cm³/mol. The summed E-state index contributed by atoms with van der Waals surface area (Å²) in [5, 5.41) is 13.0. The highest BCUT2D eigenvalue weighted by molar-refractivity contribution is 5.92. The van der Waals surface area contributed by atoms with E-state index in [1.807, 2.05) is 6.92 Å². The molecule has 0 aromatic carbocycles. The van der Waals surface area contributed by atoms with Crippen LogP contribution in [0.4, 0.5) is 0 Å². The Hall–Kier alpha value is -2.12. The van der Waals surface area contributed by atoms with E-state index in [1.165, 1.54) is 4.90 Å². The largest absolute Gasteiger partial charge is 0.550 e. The van der Waals surface area contributed by atoms with Gasteiger partial charge in [-0.2, -0.15) is 0 Å². The lowest BCUT2D eigenvalue weighted by molar-refractivity contribution is -0.305. The number of rotatable bonds is 8. The number of hydrogen-bond acceptors (Lipinski definition) is 6. The quantitative estimate of drug-likeness (QED) is 0.434. The number of carbonyl (C=O) groups is 4. The average Bonchev–Trinajstić information content (AvgIpc) is 2.47. The standard InChI is InChI=1S/C14H22N2O6/c1-2-3-8-22-13(20)9-10-14(21)15-6-7-16(10)11(17)4-5-12(18)19/h10H,2-9H2,1H3,(H,15,21)(H,18,19)/p-1/t10-/m1/s1. The molecular formula is C14H21N2O6-. The summed E-state index contributed by atoms with van der Waals surface area (Å²) >= 11 is 0. The Balaban J connectivity index is 2.60. The van der Waals surface area contributed by atoms with E-state index < -0.39 is 36.2 Å². The van der Waals surface area contributed by atoms with Gasteiger partial charge in [-0.1, -0.05) is 13.3 Å². The van der Waals surface area contributed by atoms with Gasteiger partial charge >= 0.3 is 5.97 Å². The maximum atomic E-state index is 12.0. The van der Waals surface area contributed by atoms with Crippen LogP contribution in [0.25, 0.3) is 0 Å². The molecule has 1 saturated heterocycles. The fraction of sp³-hybridized carbons (Fsp3) is 0.714. The zero-order chi connectivity index (χ0) is 16.5. The van der Waals surface area contributed by atoms with Gasteiger partial charge in [-0.15, -0.1) is 0 Å². The van der Waals surface area contributed by atoms with Gasteiger partial charge < -0.3 is 24.9 Å². The topological polar surface area (TPSA) is 116 Å². The number of piperazine rings is 1. The number of carboxylic acid groups (broad SMARTS) is 1. The molecule has 1 rings (SSSR count). The zero-order valence-corrected chi connectivity index (χ0v) is 12.6. The molecule has 8 heteroatoms. The minimum atomic E-state index is -1.33. The first-order valence-corrected chi connectivity index (χ1v) is 7.38. The average molecular weight is 313 g/mol. The van der Waals surface area contributed by atoms with Crippen molar-refractivity contribution in [3.05, 3.63) is 0 Å². The van der Waals surface area contributed by atoms with Crippen LogP contribution in [0.3, 0.4) is 0 Å². The van der Waals surface area contributed by atoms with Crippen LogP contribution in [0.5, 0.6) is 0 Å². The van der Waals surface area contributed by atoms with Gasteiger partial charge in [0.1, 0.15) is 6.04 Å². The smallest absolute Gasteiger partial charge is 0.308 e. The Morgan fingerprint density at radius 1 is 1.36 bits per heavy atom. The van der Waals surface area contributed by atoms with E-state index >= 15 is 0 Å². The van der Waals surface area contributed by atoms with Crippen molar-refractivity contribution < 1.29 is 29.0 Å². The Labute approximate surface area is 128 Å². The highest BCUT2D eigenvalue weighted by Crippen LogP contribution is 2.12. The Kier molecular flexibility index (Phi) is 7.34. The van der Waals surface area contributed by atoms with Crippen molar-refractivity contribution in [2.24, 2.45) is 0 Å². The van der Waals surface area contributed by atoms with E-state index in [1.54, 1.807) is 0 Å². The third kappa shape index (κ3) is 5.71. The maximum absolute atomic E-state index is 12.0. The summed E-state index contributed by atoms with van der Waals surface area (Å²) in [5.41, 5.74) is 0. The van der Waals surface area contributed by atoms with Crippen LogP contribution in [-0.4, -0.2) is 54.4 Å². The number of esters is 1. The molecule has 0 radical (unpaired) electrons. The van der Waals surface area contributed by atoms with Gasteiger partial charge in [0.2, 0.25) is 11.8 Å². The number of carboxylic acids is 1. The van der Waals surface area contributed by atoms with Crippen molar-refractivity contribution in [3.63, 3.8) is 0 Å². The van der Waals surface area contributed by atoms with Crippen LogP contribution < -0.4 is 10.4 Å². The second-order valence-corrected chi connectivity index (χ2v) is 5.04. The molecule has 1 fully saturated rings. The highest BCUT2D eigenvalue weighted by Gasteiger charge is 2.34. The molecule has 0 aromatic heterocycles. The van der Waals surface area contributed by atoms with Crippen molar-refractivity contribution in [1.29, 1.82) is 0 Å². The van der Waals surface area contributed by atoms with Gasteiger partial charge in [0.15, 0.2) is 0 Å². The van der Waals surface area contributed by atoms with Crippen molar-refractivity contribution in [1.82, 2.24) is 10.2 Å². The van der Waals surface area contributed by atoms with Gasteiger partial charge in [0, 0.05) is 25.5 Å². The van der Waals surface area contributed by atoms with Crippen LogP contribution in [0, 0.1) is 0 Å². The number of amides is 2. The van der Waals surface area contributed by atoms with E-state index in [-0.39, 0.29) is 32.5 Å². The predicted octanol–water partition coefficient (Wildman–Crippen LogP) is -1.42. The molecule has 1 atom stereocenters. The lowest BCUT2D eigenvalue weighted by Crippen LogP contribution is -2.58. The molecule has 1 N–H and O–H groups in total. The number of nitrogens with one attached hydrogen (secondary N) is 1. The molecule has 22 heavy (non-hydrogen) atoms. The molecule has 8 nitrogen and oxygen atoms in total. The van der Waals surface area contributed by atoms with E-state index in [4.69, 9.17) is 4.74 Å². The first kappa shape index (κ1) is 17.9. The first-order chi connectivity index (χ1) is 10.5. The van der Waals surface area contributed by atoms with Crippen LogP contribution in [0.2, 0.25) is 0 Å². The second kappa shape index (κ2) is 9.01. The Bertz CT molecular complexity index is 437. The monoisotopic (exact) mass is 313 g/mol. The number of ether oxygens (including phenoxy) is 1. The summed E-state index contributed by atoms with van der Waals surface area (Å²) in [7, 11) is 0. The fourth-order valence-electron chi connectivity index (χ4n) is 2.12. The van der Waals surface area contributed by atoms with E-state index in [2.05, 4.69) is 5.32 Å². The van der Waals surface area contributed by atoms with Crippen LogP contribution in [0.15, 0.2) is 0 Å². The molecule has 0 saturated carbocycles. The van der Waals surface area contributed by atoms with Crippen LogP contribution in [-0.2, 0) is 23.9 Å². The molecule has 0 aromatic rings. The minimum absolute atomic E-state index is 0.230. The number of unbranched alkanes of at least 4 members (excludes halogenated alkanes) is 1. The number of nitrogens with zero attached hydrogens (tertiary/aromatic N) is 1. The highest BCUT2D eigenvalue weighted by atomic mass is 16.5. The van der Waals surface area contributed by atoms with Gasteiger partial charge in [0.25, 0.3) is 0 Å². The van der Waals surface area contributed by atoms with Gasteiger partial charge in [-0.05, 0) is 12.8 Å². The molecule has 1 heterocycles. The van der Waals surface area contributed by atoms with Crippen molar-refractivity contribution in [2.45, 2.75) is 45.1 Å². The summed E-state index contributed by atoms with van der Waals surface area (Å²) < 4.78 is 5.00. The molecule has 0 aliphatic carbocycles. The van der Waals surface area contributed by atoms with E-state index in [0.717, 1.165) is 12.8 Å². The van der Waals surface area contributed by atoms with Crippen molar-refractivity contribution in [3.8, 4) is 0 Å². The first-order valence-electron chi connectivity index (χ1n) is 7.38. The minimum Gasteiger partial charge on any atom is -0.550 e. The maximum Gasteiger partial charge on any atom is 0.308 e. The van der Waals surface area contributed by atoms with Crippen LogP contribution >= 0.6 is 0 Å². The number of hydrogen-bond donors (Lipinski definition) is 1. The third-order valence-corrected chi connectivity index (χ3v) is 3.32. The van der Waals surface area contributed by atoms with E-state index in [9.17, 15) is 24.3 Å². The Morgan fingerprint density at radius 2 is 2.09 bits per heavy atom. The molecule has 124 valence electrons. The van der Waals surface area contributed by atoms with Gasteiger partial charge in [-0.25, -0.2) is 0 Å². The number of aliphatic carboxylic acids is 1. The summed E-state index contributed by atoms with van der Waals surface area (Å²) in [4.78, 5) is 47.3. The molecule has 0 spiro atoms. The normalized spacial score (nSPS) is 17.8. The molecule has 2 amide bonds. The van der Waals surface area contributed by atoms with Crippen LogP contribution in [0.1, 0.15) is 39.0 Å².